The maximum Gasteiger partial charge on any atom is 0.191 e. The van der Waals surface area contributed by atoms with Gasteiger partial charge in [-0.05, 0) is 37.8 Å². The molecule has 0 saturated carbocycles. The van der Waals surface area contributed by atoms with Gasteiger partial charge in [0.25, 0.3) is 0 Å². The number of aromatic nitrogens is 3. The second-order valence-electron chi connectivity index (χ2n) is 6.54. The number of benzene rings is 1. The van der Waals surface area contributed by atoms with E-state index in [9.17, 15) is 0 Å². The van der Waals surface area contributed by atoms with Crippen molar-refractivity contribution in [1.82, 2.24) is 25.4 Å². The molecular formula is C21H28N6OS. The number of nitrogens with one attached hydrogen (secondary N) is 2. The molecule has 0 aliphatic carbocycles. The molecule has 0 aliphatic heterocycles. The van der Waals surface area contributed by atoms with Gasteiger partial charge in [0.2, 0.25) is 0 Å². The fourth-order valence-electron chi connectivity index (χ4n) is 2.80. The van der Waals surface area contributed by atoms with Crippen LogP contribution in [-0.2, 0) is 26.6 Å². The Kier molecular flexibility index (Phi) is 7.63. The first-order valence-corrected chi connectivity index (χ1v) is 10.7. The van der Waals surface area contributed by atoms with Gasteiger partial charge >= 0.3 is 0 Å². The van der Waals surface area contributed by atoms with Crippen molar-refractivity contribution < 1.29 is 4.74 Å². The van der Waals surface area contributed by atoms with Crippen molar-refractivity contribution in [2.75, 3.05) is 13.2 Å². The Morgan fingerprint density at radius 2 is 2.03 bits per heavy atom. The highest BCUT2D eigenvalue weighted by Gasteiger charge is 2.07. The van der Waals surface area contributed by atoms with E-state index in [1.165, 1.54) is 4.88 Å². The average Bonchev–Trinajstić information content (AvgIpc) is 3.36. The molecule has 3 rings (SSSR count). The van der Waals surface area contributed by atoms with Crippen LogP contribution in [0.2, 0.25) is 0 Å². The summed E-state index contributed by atoms with van der Waals surface area (Å²) in [7, 11) is 1.96. The lowest BCUT2D eigenvalue weighted by Crippen LogP contribution is -2.38. The molecule has 154 valence electrons. The predicted octanol–water partition coefficient (Wildman–Crippen LogP) is 3.06. The number of thiophene rings is 1. The molecule has 3 aromatic rings. The van der Waals surface area contributed by atoms with Gasteiger partial charge < -0.3 is 19.9 Å². The zero-order chi connectivity index (χ0) is 20.5. The van der Waals surface area contributed by atoms with Gasteiger partial charge in [0, 0.05) is 24.0 Å². The fraction of sp³-hybridized carbons (Fsp3) is 0.381. The first kappa shape index (κ1) is 20.9. The van der Waals surface area contributed by atoms with E-state index in [0.29, 0.717) is 19.7 Å². The van der Waals surface area contributed by atoms with Gasteiger partial charge in [-0.15, -0.1) is 21.5 Å². The second kappa shape index (κ2) is 10.6. The van der Waals surface area contributed by atoms with Crippen molar-refractivity contribution in [3.05, 3.63) is 63.9 Å². The van der Waals surface area contributed by atoms with Crippen molar-refractivity contribution in [3.63, 3.8) is 0 Å². The highest BCUT2D eigenvalue weighted by Crippen LogP contribution is 2.18. The summed E-state index contributed by atoms with van der Waals surface area (Å²) >= 11 is 1.77. The minimum atomic E-state index is 0.530. The Morgan fingerprint density at radius 3 is 2.76 bits per heavy atom. The number of hydrogen-bond donors (Lipinski definition) is 2. The summed E-state index contributed by atoms with van der Waals surface area (Å²) in [4.78, 5) is 6.12. The Hall–Kier alpha value is -2.87. The lowest BCUT2D eigenvalue weighted by Gasteiger charge is -2.13. The largest absolute Gasteiger partial charge is 0.494 e. The van der Waals surface area contributed by atoms with Crippen LogP contribution >= 0.6 is 11.3 Å². The van der Waals surface area contributed by atoms with Crippen LogP contribution in [0.1, 0.15) is 29.0 Å². The number of aryl methyl sites for hydroxylation is 1. The first-order valence-electron chi connectivity index (χ1n) is 9.77. The van der Waals surface area contributed by atoms with E-state index in [2.05, 4.69) is 38.3 Å². The molecule has 0 amide bonds. The molecule has 2 aromatic heterocycles. The highest BCUT2D eigenvalue weighted by molar-refractivity contribution is 7.09. The van der Waals surface area contributed by atoms with E-state index >= 15 is 0 Å². The molecule has 0 bridgehead atoms. The van der Waals surface area contributed by atoms with E-state index < -0.39 is 0 Å². The van der Waals surface area contributed by atoms with E-state index in [1.807, 2.05) is 49.7 Å². The molecule has 0 spiro atoms. The zero-order valence-corrected chi connectivity index (χ0v) is 18.0. The maximum absolute atomic E-state index is 5.72. The molecule has 0 fully saturated rings. The zero-order valence-electron chi connectivity index (χ0n) is 17.2. The number of para-hydroxylation sites is 1. The number of aliphatic imine (C=N–C) groups is 1. The van der Waals surface area contributed by atoms with Crippen molar-refractivity contribution in [2.45, 2.75) is 33.4 Å². The van der Waals surface area contributed by atoms with Gasteiger partial charge in [0.15, 0.2) is 11.8 Å². The van der Waals surface area contributed by atoms with Crippen molar-refractivity contribution in [3.8, 4) is 5.75 Å². The van der Waals surface area contributed by atoms with Crippen LogP contribution in [-0.4, -0.2) is 33.9 Å². The molecule has 0 radical (unpaired) electrons. The van der Waals surface area contributed by atoms with E-state index in [-0.39, 0.29) is 0 Å². The van der Waals surface area contributed by atoms with Crippen LogP contribution in [0.5, 0.6) is 5.75 Å². The molecule has 0 saturated heterocycles. The topological polar surface area (TPSA) is 76.4 Å². The third-order valence-electron chi connectivity index (χ3n) is 4.52. The van der Waals surface area contributed by atoms with Gasteiger partial charge in [0.1, 0.15) is 11.6 Å². The van der Waals surface area contributed by atoms with Crippen LogP contribution in [0.15, 0.2) is 46.8 Å². The maximum atomic E-state index is 5.72. The Balaban J connectivity index is 1.66. The second-order valence-corrected chi connectivity index (χ2v) is 7.57. The smallest absolute Gasteiger partial charge is 0.191 e. The molecule has 8 heteroatoms. The summed E-state index contributed by atoms with van der Waals surface area (Å²) in [6.45, 7) is 6.45. The van der Waals surface area contributed by atoms with Crippen LogP contribution < -0.4 is 15.4 Å². The van der Waals surface area contributed by atoms with Crippen LogP contribution in [0, 0.1) is 6.92 Å². The number of guanidine groups is 1. The first-order chi connectivity index (χ1) is 14.2. The highest BCUT2D eigenvalue weighted by atomic mass is 32.1. The van der Waals surface area contributed by atoms with Gasteiger partial charge in [0.05, 0.1) is 19.7 Å². The van der Waals surface area contributed by atoms with E-state index in [4.69, 9.17) is 9.73 Å². The summed E-state index contributed by atoms with van der Waals surface area (Å²) in [5.41, 5.74) is 1.06. The Bertz CT molecular complexity index is 919. The standard InChI is InChI=1S/C21H28N6OS/c1-4-28-19-10-6-5-8-17(19)14-23-21(22-12-11-18-9-7-13-29-18)24-15-20-26-25-16(2)27(20)3/h5-10,13H,4,11-12,14-15H2,1-3H3,(H2,22,23,24). The molecule has 2 N–H and O–H groups in total. The molecule has 1 aromatic carbocycles. The van der Waals surface area contributed by atoms with Crippen LogP contribution in [0.3, 0.4) is 0 Å². The molecule has 29 heavy (non-hydrogen) atoms. The lowest BCUT2D eigenvalue weighted by molar-refractivity contribution is 0.336. The monoisotopic (exact) mass is 412 g/mol. The Morgan fingerprint density at radius 1 is 1.17 bits per heavy atom. The third kappa shape index (κ3) is 6.05. The van der Waals surface area contributed by atoms with Gasteiger partial charge in [-0.3, -0.25) is 0 Å². The lowest BCUT2D eigenvalue weighted by atomic mass is 10.2. The fourth-order valence-corrected chi connectivity index (χ4v) is 3.50. The number of hydrogen-bond acceptors (Lipinski definition) is 5. The molecule has 0 aliphatic rings. The number of rotatable bonds is 9. The molecular weight excluding hydrogens is 384 g/mol. The quantitative estimate of drug-likeness (QED) is 0.417. The van der Waals surface area contributed by atoms with Gasteiger partial charge in [-0.1, -0.05) is 24.3 Å². The number of ether oxygens (including phenoxy) is 1. The summed E-state index contributed by atoms with van der Waals surface area (Å²) in [5.74, 6) is 3.37. The molecule has 0 atom stereocenters. The van der Waals surface area contributed by atoms with E-state index in [1.54, 1.807) is 11.3 Å². The SMILES string of the molecule is CCOc1ccccc1CN=C(NCCc1cccs1)NCc1nnc(C)n1C. The minimum absolute atomic E-state index is 0.530. The normalized spacial score (nSPS) is 11.5. The molecule has 0 unspecified atom stereocenters. The summed E-state index contributed by atoms with van der Waals surface area (Å²) < 4.78 is 7.69. The summed E-state index contributed by atoms with van der Waals surface area (Å²) in [6.07, 6.45) is 0.955. The predicted molar refractivity (Wildman–Crippen MR) is 117 cm³/mol. The minimum Gasteiger partial charge on any atom is -0.494 e. The van der Waals surface area contributed by atoms with Gasteiger partial charge in [-0.2, -0.15) is 0 Å². The third-order valence-corrected chi connectivity index (χ3v) is 5.46. The van der Waals surface area contributed by atoms with Crippen molar-refractivity contribution >= 4 is 17.3 Å². The number of nitrogens with zero attached hydrogens (tertiary/aromatic N) is 4. The van der Waals surface area contributed by atoms with E-state index in [0.717, 1.165) is 41.9 Å². The summed E-state index contributed by atoms with van der Waals surface area (Å²) in [6, 6.07) is 12.2. The average molecular weight is 413 g/mol. The molecule has 7 nitrogen and oxygen atoms in total. The van der Waals surface area contributed by atoms with Crippen molar-refractivity contribution in [1.29, 1.82) is 0 Å². The van der Waals surface area contributed by atoms with Crippen LogP contribution in [0.25, 0.3) is 0 Å². The van der Waals surface area contributed by atoms with Crippen LogP contribution in [0.4, 0.5) is 0 Å². The molecule has 2 heterocycles. The Labute approximate surface area is 175 Å². The van der Waals surface area contributed by atoms with Gasteiger partial charge in [-0.25, -0.2) is 4.99 Å². The van der Waals surface area contributed by atoms with Crippen molar-refractivity contribution in [2.24, 2.45) is 12.0 Å². The summed E-state index contributed by atoms with van der Waals surface area (Å²) in [5, 5.41) is 17.2.